The molecule has 2 nitrogen and oxygen atoms in total. The minimum Gasteiger partial charge on any atom is -0.308 e. The predicted octanol–water partition coefficient (Wildman–Crippen LogP) is 2.93. The van der Waals surface area contributed by atoms with Gasteiger partial charge in [-0.2, -0.15) is 0 Å². The molecular formula is C15H26N2. The van der Waals surface area contributed by atoms with Gasteiger partial charge < -0.3 is 10.2 Å². The normalized spacial score (nSPS) is 13.3. The van der Waals surface area contributed by atoms with E-state index in [9.17, 15) is 0 Å². The highest BCUT2D eigenvalue weighted by Gasteiger charge is 2.14. The second-order valence-corrected chi connectivity index (χ2v) is 4.98. The molecule has 1 N–H and O–H groups in total. The Labute approximate surface area is 106 Å². The molecule has 1 aromatic carbocycles. The molecule has 0 aliphatic rings. The number of benzene rings is 1. The van der Waals surface area contributed by atoms with Gasteiger partial charge in [0.2, 0.25) is 0 Å². The fourth-order valence-corrected chi connectivity index (χ4v) is 1.97. The van der Waals surface area contributed by atoms with Crippen LogP contribution >= 0.6 is 0 Å². The van der Waals surface area contributed by atoms with Crippen molar-refractivity contribution >= 4 is 0 Å². The van der Waals surface area contributed by atoms with Gasteiger partial charge in [-0.15, -0.1) is 0 Å². The lowest BCUT2D eigenvalue weighted by atomic mass is 9.96. The summed E-state index contributed by atoms with van der Waals surface area (Å²) in [4.78, 5) is 2.33. The fraction of sp³-hybridized carbons (Fsp3) is 0.600. The number of hydrogen-bond donors (Lipinski definition) is 1. The van der Waals surface area contributed by atoms with Crippen LogP contribution in [0.5, 0.6) is 0 Å². The van der Waals surface area contributed by atoms with Crippen molar-refractivity contribution in [3.8, 4) is 0 Å². The van der Waals surface area contributed by atoms with Gasteiger partial charge in [-0.1, -0.05) is 51.1 Å². The highest BCUT2D eigenvalue weighted by atomic mass is 15.1. The summed E-state index contributed by atoms with van der Waals surface area (Å²) in [5.74, 6) is 0.615. The van der Waals surface area contributed by atoms with Gasteiger partial charge in [-0.3, -0.25) is 0 Å². The van der Waals surface area contributed by atoms with E-state index in [4.69, 9.17) is 0 Å². The van der Waals surface area contributed by atoms with Crippen molar-refractivity contribution in [2.45, 2.75) is 26.8 Å². The molecular weight excluding hydrogens is 208 g/mol. The Morgan fingerprint density at radius 1 is 1.18 bits per heavy atom. The van der Waals surface area contributed by atoms with E-state index < -0.39 is 0 Å². The molecule has 17 heavy (non-hydrogen) atoms. The van der Waals surface area contributed by atoms with E-state index in [1.807, 2.05) is 0 Å². The topological polar surface area (TPSA) is 15.3 Å². The summed E-state index contributed by atoms with van der Waals surface area (Å²) in [6.45, 7) is 9.99. The van der Waals surface area contributed by atoms with Gasteiger partial charge in [-0.25, -0.2) is 0 Å². The minimum absolute atomic E-state index is 0.460. The number of likely N-dealkylation sites (N-methyl/N-ethyl adjacent to an activating group) is 1. The van der Waals surface area contributed by atoms with Crippen LogP contribution in [0.4, 0.5) is 0 Å². The van der Waals surface area contributed by atoms with Crippen LogP contribution in [-0.2, 0) is 0 Å². The third kappa shape index (κ3) is 4.88. The second-order valence-electron chi connectivity index (χ2n) is 4.98. The van der Waals surface area contributed by atoms with Gasteiger partial charge in [0.05, 0.1) is 0 Å². The van der Waals surface area contributed by atoms with Crippen LogP contribution in [0.3, 0.4) is 0 Å². The lowest BCUT2D eigenvalue weighted by Gasteiger charge is -2.24. The van der Waals surface area contributed by atoms with Crippen LogP contribution in [0.1, 0.15) is 32.4 Å². The summed E-state index contributed by atoms with van der Waals surface area (Å²) in [5.41, 5.74) is 1.39. The van der Waals surface area contributed by atoms with E-state index in [1.165, 1.54) is 5.56 Å². The molecule has 0 saturated heterocycles. The third-order valence-electron chi connectivity index (χ3n) is 3.22. The van der Waals surface area contributed by atoms with Crippen molar-refractivity contribution < 1.29 is 0 Å². The van der Waals surface area contributed by atoms with Crippen LogP contribution in [0.2, 0.25) is 0 Å². The Kier molecular flexibility index (Phi) is 6.23. The molecule has 96 valence electrons. The molecule has 0 amide bonds. The lowest BCUT2D eigenvalue weighted by Crippen LogP contribution is -2.33. The molecule has 0 radical (unpaired) electrons. The molecule has 1 atom stereocenters. The van der Waals surface area contributed by atoms with Crippen LogP contribution in [0.15, 0.2) is 30.3 Å². The van der Waals surface area contributed by atoms with Crippen molar-refractivity contribution in [2.75, 3.05) is 26.7 Å². The maximum absolute atomic E-state index is 3.66. The van der Waals surface area contributed by atoms with E-state index in [1.54, 1.807) is 0 Å². The van der Waals surface area contributed by atoms with Crippen LogP contribution in [0, 0.1) is 5.92 Å². The van der Waals surface area contributed by atoms with Crippen molar-refractivity contribution in [1.82, 2.24) is 10.2 Å². The summed E-state index contributed by atoms with van der Waals surface area (Å²) in [6, 6.07) is 11.2. The average Bonchev–Trinajstić information content (AvgIpc) is 2.34. The Morgan fingerprint density at radius 2 is 1.82 bits per heavy atom. The molecule has 2 heteroatoms. The molecule has 1 aromatic rings. The average molecular weight is 234 g/mol. The fourth-order valence-electron chi connectivity index (χ4n) is 1.97. The van der Waals surface area contributed by atoms with Crippen molar-refractivity contribution in [1.29, 1.82) is 0 Å². The zero-order valence-electron chi connectivity index (χ0n) is 11.6. The van der Waals surface area contributed by atoms with Gasteiger partial charge in [-0.05, 0) is 25.1 Å². The van der Waals surface area contributed by atoms with E-state index in [-0.39, 0.29) is 0 Å². The van der Waals surface area contributed by atoms with Crippen LogP contribution in [0.25, 0.3) is 0 Å². The first-order chi connectivity index (χ1) is 8.15. The van der Waals surface area contributed by atoms with Gasteiger partial charge in [0.25, 0.3) is 0 Å². The summed E-state index contributed by atoms with van der Waals surface area (Å²) in [5, 5.41) is 3.66. The molecule has 0 aromatic heterocycles. The summed E-state index contributed by atoms with van der Waals surface area (Å²) >= 11 is 0. The molecule has 0 aliphatic carbocycles. The zero-order valence-corrected chi connectivity index (χ0v) is 11.6. The molecule has 0 heterocycles. The van der Waals surface area contributed by atoms with Gasteiger partial charge >= 0.3 is 0 Å². The Balaban J connectivity index is 2.50. The Hall–Kier alpha value is -0.860. The zero-order chi connectivity index (χ0) is 12.7. The Morgan fingerprint density at radius 3 is 2.35 bits per heavy atom. The largest absolute Gasteiger partial charge is 0.308 e. The maximum atomic E-state index is 3.66. The lowest BCUT2D eigenvalue weighted by molar-refractivity contribution is 0.324. The molecule has 1 unspecified atom stereocenters. The third-order valence-corrected chi connectivity index (χ3v) is 3.22. The van der Waals surface area contributed by atoms with E-state index in [0.717, 1.165) is 19.6 Å². The summed E-state index contributed by atoms with van der Waals surface area (Å²) < 4.78 is 0. The first-order valence-corrected chi connectivity index (χ1v) is 6.62. The second kappa shape index (κ2) is 7.46. The molecule has 0 aliphatic heterocycles. The van der Waals surface area contributed by atoms with Crippen LogP contribution < -0.4 is 5.32 Å². The summed E-state index contributed by atoms with van der Waals surface area (Å²) in [6.07, 6.45) is 0. The maximum Gasteiger partial charge on any atom is 0.0343 e. The number of rotatable bonds is 7. The van der Waals surface area contributed by atoms with Gasteiger partial charge in [0, 0.05) is 19.1 Å². The number of nitrogens with zero attached hydrogens (tertiary/aromatic N) is 1. The first kappa shape index (κ1) is 14.2. The van der Waals surface area contributed by atoms with Gasteiger partial charge in [0.1, 0.15) is 0 Å². The van der Waals surface area contributed by atoms with Crippen molar-refractivity contribution in [3.63, 3.8) is 0 Å². The van der Waals surface area contributed by atoms with Crippen molar-refractivity contribution in [2.24, 2.45) is 5.92 Å². The predicted molar refractivity (Wildman–Crippen MR) is 75.2 cm³/mol. The molecule has 1 rings (SSSR count). The van der Waals surface area contributed by atoms with Crippen molar-refractivity contribution in [3.05, 3.63) is 35.9 Å². The van der Waals surface area contributed by atoms with Crippen LogP contribution in [-0.4, -0.2) is 31.6 Å². The highest BCUT2D eigenvalue weighted by molar-refractivity contribution is 5.19. The standard InChI is InChI=1S/C15H26N2/c1-5-17(4)12-11-16-15(13(2)3)14-9-7-6-8-10-14/h6-10,13,15-16H,5,11-12H2,1-4H3. The minimum atomic E-state index is 0.460. The first-order valence-electron chi connectivity index (χ1n) is 6.62. The quantitative estimate of drug-likeness (QED) is 0.780. The molecule has 0 fully saturated rings. The smallest absolute Gasteiger partial charge is 0.0343 e. The van der Waals surface area contributed by atoms with E-state index in [0.29, 0.717) is 12.0 Å². The number of nitrogens with one attached hydrogen (secondary N) is 1. The molecule has 0 bridgehead atoms. The van der Waals surface area contributed by atoms with E-state index in [2.05, 4.69) is 68.4 Å². The molecule has 0 spiro atoms. The molecule has 0 saturated carbocycles. The van der Waals surface area contributed by atoms with Gasteiger partial charge in [0.15, 0.2) is 0 Å². The van der Waals surface area contributed by atoms with E-state index >= 15 is 0 Å². The monoisotopic (exact) mass is 234 g/mol. The Bertz CT molecular complexity index is 295. The highest BCUT2D eigenvalue weighted by Crippen LogP contribution is 2.20. The number of hydrogen-bond acceptors (Lipinski definition) is 2. The summed E-state index contributed by atoms with van der Waals surface area (Å²) in [7, 11) is 2.16. The SMILES string of the molecule is CCN(C)CCNC(c1ccccc1)C(C)C.